The first-order valence-electron chi connectivity index (χ1n) is 9.46. The van der Waals surface area contributed by atoms with E-state index in [4.69, 9.17) is 5.84 Å². The number of carbonyl (C=O) groups excluding carboxylic acids is 2. The van der Waals surface area contributed by atoms with Gasteiger partial charge in [-0.25, -0.2) is 18.7 Å². The van der Waals surface area contributed by atoms with Crippen LogP contribution in [-0.2, 0) is 26.0 Å². The molecule has 1 aromatic heterocycles. The highest BCUT2D eigenvalue weighted by Gasteiger charge is 2.53. The van der Waals surface area contributed by atoms with Crippen LogP contribution in [0.3, 0.4) is 0 Å². The van der Waals surface area contributed by atoms with E-state index in [0.717, 1.165) is 10.2 Å². The van der Waals surface area contributed by atoms with Gasteiger partial charge in [0, 0.05) is 12.6 Å². The Balaban J connectivity index is 1.48. The van der Waals surface area contributed by atoms with Crippen LogP contribution >= 0.6 is 0 Å². The molecule has 2 aromatic rings. The molecule has 2 aliphatic rings. The van der Waals surface area contributed by atoms with Gasteiger partial charge in [0.15, 0.2) is 12.0 Å². The number of amides is 1. The third-order valence-corrected chi connectivity index (χ3v) is 7.34. The third-order valence-electron chi connectivity index (χ3n) is 5.49. The zero-order chi connectivity index (χ0) is 21.5. The second kappa shape index (κ2) is 7.77. The minimum atomic E-state index is -3.93. The number of Topliss-reactive ketones (excluding diaryl/α,β-unsaturated/α-hetero) is 1. The summed E-state index contributed by atoms with van der Waals surface area (Å²) in [6.07, 6.45) is 4.89. The highest BCUT2D eigenvalue weighted by atomic mass is 32.2. The number of nitrogens with zero attached hydrogens (tertiary/aromatic N) is 3. The number of benzene rings is 1. The molecule has 2 fully saturated rings. The summed E-state index contributed by atoms with van der Waals surface area (Å²) < 4.78 is 41.4. The van der Waals surface area contributed by atoms with E-state index in [0.29, 0.717) is 12.8 Å². The SMILES string of the molecule is N[n+]1cccc(S(=O)(=O)N2CC(=O)C3C2CCN3C(=O)[CH]Cc2ccc(F)cc2)c1. The van der Waals surface area contributed by atoms with Gasteiger partial charge >= 0.3 is 0 Å². The summed E-state index contributed by atoms with van der Waals surface area (Å²) in [4.78, 5) is 26.8. The molecule has 10 heteroatoms. The summed E-state index contributed by atoms with van der Waals surface area (Å²) in [5, 5.41) is 0. The van der Waals surface area contributed by atoms with Crippen molar-refractivity contribution in [2.24, 2.45) is 0 Å². The number of ketones is 1. The number of hydrogen-bond donors (Lipinski definition) is 1. The van der Waals surface area contributed by atoms with Crippen LogP contribution in [0.25, 0.3) is 0 Å². The number of nitrogen functional groups attached to an aromatic ring is 1. The van der Waals surface area contributed by atoms with Crippen molar-refractivity contribution in [1.82, 2.24) is 9.21 Å². The van der Waals surface area contributed by atoms with Crippen LogP contribution in [0, 0.1) is 12.2 Å². The molecule has 8 nitrogen and oxygen atoms in total. The molecule has 1 amide bonds. The lowest BCUT2D eigenvalue weighted by atomic mass is 10.1. The summed E-state index contributed by atoms with van der Waals surface area (Å²) in [7, 11) is -3.93. The van der Waals surface area contributed by atoms with Crippen LogP contribution in [0.5, 0.6) is 0 Å². The van der Waals surface area contributed by atoms with E-state index in [2.05, 4.69) is 0 Å². The smallest absolute Gasteiger partial charge is 0.249 e. The van der Waals surface area contributed by atoms with E-state index < -0.39 is 22.1 Å². The number of sulfonamides is 1. The summed E-state index contributed by atoms with van der Waals surface area (Å²) in [5.74, 6) is 4.63. The van der Waals surface area contributed by atoms with Gasteiger partial charge in [-0.15, -0.1) is 0 Å². The lowest BCUT2D eigenvalue weighted by Gasteiger charge is -2.23. The Kier molecular flexibility index (Phi) is 5.29. The maximum absolute atomic E-state index is 13.1. The Morgan fingerprint density at radius 2 is 2.00 bits per heavy atom. The van der Waals surface area contributed by atoms with Gasteiger partial charge in [0.25, 0.3) is 0 Å². The predicted molar refractivity (Wildman–Crippen MR) is 104 cm³/mol. The number of halogens is 1. The lowest BCUT2D eigenvalue weighted by molar-refractivity contribution is -0.641. The van der Waals surface area contributed by atoms with Gasteiger partial charge in [0.2, 0.25) is 22.1 Å². The fraction of sp³-hybridized carbons (Fsp3) is 0.300. The van der Waals surface area contributed by atoms with Crippen molar-refractivity contribution < 1.29 is 27.1 Å². The minimum Gasteiger partial charge on any atom is -0.331 e. The predicted octanol–water partition coefficient (Wildman–Crippen LogP) is -0.183. The van der Waals surface area contributed by atoms with E-state index >= 15 is 0 Å². The molecule has 2 atom stereocenters. The normalized spacial score (nSPS) is 21.8. The van der Waals surface area contributed by atoms with Gasteiger partial charge in [-0.3, -0.25) is 9.59 Å². The number of hydrogen-bond acceptors (Lipinski definition) is 5. The molecule has 0 bridgehead atoms. The second-order valence-electron chi connectivity index (χ2n) is 7.37. The van der Waals surface area contributed by atoms with Crippen molar-refractivity contribution in [3.8, 4) is 0 Å². The van der Waals surface area contributed by atoms with E-state index in [1.807, 2.05) is 0 Å². The Morgan fingerprint density at radius 1 is 1.27 bits per heavy atom. The second-order valence-corrected chi connectivity index (χ2v) is 9.26. The summed E-state index contributed by atoms with van der Waals surface area (Å²) in [6, 6.07) is 7.34. The standard InChI is InChI=1S/C20H21FN4O4S/c21-15-6-3-14(4-7-15)5-8-19(27)24-11-9-17-20(24)18(26)13-25(17)30(28,29)16-2-1-10-23(22)12-16/h1-4,6-8,10,12,17,20H,5,9,11,13,22H2/q+1. The first kappa shape index (κ1) is 20.4. The quantitative estimate of drug-likeness (QED) is 0.521. The number of pyridine rings is 1. The topological polar surface area (TPSA) is 105 Å². The summed E-state index contributed by atoms with van der Waals surface area (Å²) in [6.45, 7) is 0.0103. The van der Waals surface area contributed by atoms with Crippen LogP contribution < -0.4 is 10.5 Å². The van der Waals surface area contributed by atoms with Crippen molar-refractivity contribution >= 4 is 21.7 Å². The van der Waals surface area contributed by atoms with Crippen LogP contribution in [0.4, 0.5) is 4.39 Å². The number of carbonyl (C=O) groups is 2. The van der Waals surface area contributed by atoms with Crippen LogP contribution in [0.2, 0.25) is 0 Å². The zero-order valence-electron chi connectivity index (χ0n) is 16.0. The Hall–Kier alpha value is -2.85. The first-order valence-corrected chi connectivity index (χ1v) is 10.9. The van der Waals surface area contributed by atoms with E-state index in [1.54, 1.807) is 12.1 Å². The minimum absolute atomic E-state index is 0.00593. The van der Waals surface area contributed by atoms with Gasteiger partial charge in [-0.1, -0.05) is 16.8 Å². The van der Waals surface area contributed by atoms with Gasteiger partial charge in [-0.05, 0) is 36.6 Å². The number of aromatic nitrogens is 1. The van der Waals surface area contributed by atoms with Crippen LogP contribution in [0.1, 0.15) is 12.0 Å². The molecule has 2 unspecified atom stereocenters. The number of fused-ring (bicyclic) bond motifs is 1. The van der Waals surface area contributed by atoms with Gasteiger partial charge in [-0.2, -0.15) is 4.31 Å². The van der Waals surface area contributed by atoms with Crippen LogP contribution in [-0.4, -0.2) is 54.5 Å². The molecule has 3 heterocycles. The van der Waals surface area contributed by atoms with Gasteiger partial charge in [0.05, 0.1) is 19.0 Å². The summed E-state index contributed by atoms with van der Waals surface area (Å²) in [5.41, 5.74) is 0.765. The fourth-order valence-corrected chi connectivity index (χ4v) is 5.69. The number of rotatable bonds is 5. The van der Waals surface area contributed by atoms with Crippen molar-refractivity contribution in [2.75, 3.05) is 18.9 Å². The van der Waals surface area contributed by atoms with Crippen molar-refractivity contribution in [1.29, 1.82) is 0 Å². The Labute approximate surface area is 173 Å². The van der Waals surface area contributed by atoms with Crippen molar-refractivity contribution in [2.45, 2.75) is 29.8 Å². The number of nitrogens with two attached hydrogens (primary N) is 1. The Bertz CT molecular complexity index is 1090. The van der Waals surface area contributed by atoms with Crippen molar-refractivity contribution in [3.05, 3.63) is 66.6 Å². The maximum Gasteiger partial charge on any atom is 0.249 e. The average Bonchev–Trinajstić information content (AvgIpc) is 3.29. The summed E-state index contributed by atoms with van der Waals surface area (Å²) >= 11 is 0. The molecule has 2 N–H and O–H groups in total. The lowest BCUT2D eigenvalue weighted by Crippen LogP contribution is -2.46. The molecule has 0 spiro atoms. The van der Waals surface area contributed by atoms with Crippen LogP contribution in [0.15, 0.2) is 53.7 Å². The van der Waals surface area contributed by atoms with Gasteiger partial charge < -0.3 is 4.90 Å². The zero-order valence-corrected chi connectivity index (χ0v) is 16.8. The molecule has 2 aliphatic heterocycles. The molecule has 1 radical (unpaired) electrons. The van der Waals surface area contributed by atoms with Gasteiger partial charge in [0.1, 0.15) is 16.8 Å². The average molecular weight is 432 g/mol. The highest BCUT2D eigenvalue weighted by Crippen LogP contribution is 2.34. The molecule has 1 aromatic carbocycles. The molecule has 0 aliphatic carbocycles. The molecule has 4 rings (SSSR count). The molecule has 30 heavy (non-hydrogen) atoms. The molecular weight excluding hydrogens is 411 g/mol. The fourth-order valence-electron chi connectivity index (χ4n) is 4.04. The van der Waals surface area contributed by atoms with E-state index in [-0.39, 0.29) is 35.5 Å². The van der Waals surface area contributed by atoms with E-state index in [9.17, 15) is 22.4 Å². The molecule has 2 saturated heterocycles. The monoisotopic (exact) mass is 432 g/mol. The van der Waals surface area contributed by atoms with Crippen molar-refractivity contribution in [3.63, 3.8) is 0 Å². The first-order chi connectivity index (χ1) is 14.3. The third kappa shape index (κ3) is 3.68. The Morgan fingerprint density at radius 3 is 2.70 bits per heavy atom. The molecule has 157 valence electrons. The number of likely N-dealkylation sites (tertiary alicyclic amines) is 1. The molecular formula is C20H21FN4O4S+. The largest absolute Gasteiger partial charge is 0.331 e. The maximum atomic E-state index is 13.1. The van der Waals surface area contributed by atoms with E-state index in [1.165, 1.54) is 52.3 Å². The highest BCUT2D eigenvalue weighted by molar-refractivity contribution is 7.89. The molecule has 0 saturated carbocycles.